The van der Waals surface area contributed by atoms with E-state index in [9.17, 15) is 13.2 Å². The Hall–Kier alpha value is -1.20. The first-order valence-corrected chi connectivity index (χ1v) is 7.01. The van der Waals surface area contributed by atoms with Gasteiger partial charge in [-0.25, -0.2) is 8.42 Å². The summed E-state index contributed by atoms with van der Waals surface area (Å²) in [6, 6.07) is 6.01. The van der Waals surface area contributed by atoms with Gasteiger partial charge in [0.1, 0.15) is 0 Å². The lowest BCUT2D eigenvalue weighted by Gasteiger charge is -2.08. The van der Waals surface area contributed by atoms with Crippen LogP contribution in [0.15, 0.2) is 29.2 Å². The Morgan fingerprint density at radius 2 is 1.76 bits per heavy atom. The van der Waals surface area contributed by atoms with E-state index >= 15 is 0 Å². The van der Waals surface area contributed by atoms with E-state index in [0.717, 1.165) is 0 Å². The second kappa shape index (κ2) is 5.42. The molecule has 0 unspecified atom stereocenters. The summed E-state index contributed by atoms with van der Waals surface area (Å²) < 4.78 is 23.7. The number of hydrogen-bond acceptors (Lipinski definition) is 4. The molecule has 0 aliphatic carbocycles. The molecule has 17 heavy (non-hydrogen) atoms. The van der Waals surface area contributed by atoms with Crippen molar-refractivity contribution in [3.8, 4) is 0 Å². The summed E-state index contributed by atoms with van der Waals surface area (Å²) in [5.41, 5.74) is 5.79. The zero-order chi connectivity index (χ0) is 13.1. The second-order valence-corrected chi connectivity index (χ2v) is 6.58. The van der Waals surface area contributed by atoms with Crippen LogP contribution < -0.4 is 5.73 Å². The molecule has 0 spiro atoms. The highest BCUT2D eigenvalue weighted by atomic mass is 32.2. The Morgan fingerprint density at radius 1 is 1.24 bits per heavy atom. The third-order valence-corrected chi connectivity index (χ3v) is 4.67. The molecule has 0 heterocycles. The lowest BCUT2D eigenvalue weighted by molar-refractivity contribution is 0.0985. The molecule has 0 radical (unpaired) electrons. The van der Waals surface area contributed by atoms with Gasteiger partial charge in [-0.15, -0.1) is 0 Å². The number of ketones is 1. The highest BCUT2D eigenvalue weighted by molar-refractivity contribution is 7.92. The molecule has 1 rings (SSSR count). The normalized spacial score (nSPS) is 11.8. The number of Topliss-reactive ketones (excluding diaryl/α,β-unsaturated/α-hetero) is 1. The highest BCUT2D eigenvalue weighted by Crippen LogP contribution is 2.17. The molecule has 0 aliphatic rings. The fraction of sp³-hybridized carbons (Fsp3) is 0.417. The van der Waals surface area contributed by atoms with Crippen LogP contribution in [0, 0.1) is 0 Å². The van der Waals surface area contributed by atoms with Gasteiger partial charge in [-0.3, -0.25) is 4.79 Å². The molecule has 1 aromatic carbocycles. The van der Waals surface area contributed by atoms with E-state index in [1.54, 1.807) is 13.8 Å². The van der Waals surface area contributed by atoms with Crippen LogP contribution in [0.25, 0.3) is 0 Å². The summed E-state index contributed by atoms with van der Waals surface area (Å²) in [5.74, 6) is -0.0685. The summed E-state index contributed by atoms with van der Waals surface area (Å²) >= 11 is 0. The number of carbonyl (C=O) groups is 1. The van der Waals surface area contributed by atoms with Gasteiger partial charge in [0, 0.05) is 12.0 Å². The van der Waals surface area contributed by atoms with Crippen molar-refractivity contribution in [1.82, 2.24) is 0 Å². The van der Waals surface area contributed by atoms with Gasteiger partial charge >= 0.3 is 0 Å². The van der Waals surface area contributed by atoms with E-state index < -0.39 is 15.1 Å². The predicted octanol–water partition coefficient (Wildman–Crippen LogP) is 1.40. The lowest BCUT2D eigenvalue weighted by atomic mass is 10.1. The maximum atomic E-state index is 11.8. The zero-order valence-electron chi connectivity index (χ0n) is 10.0. The molecule has 0 aromatic heterocycles. The Kier molecular flexibility index (Phi) is 4.42. The van der Waals surface area contributed by atoms with Crippen molar-refractivity contribution in [3.05, 3.63) is 29.8 Å². The van der Waals surface area contributed by atoms with Gasteiger partial charge in [-0.05, 0) is 32.5 Å². The van der Waals surface area contributed by atoms with Crippen molar-refractivity contribution >= 4 is 15.6 Å². The fourth-order valence-corrected chi connectivity index (χ4v) is 2.44. The minimum absolute atomic E-state index is 0.0685. The molecular weight excluding hydrogens is 238 g/mol. The van der Waals surface area contributed by atoms with Gasteiger partial charge < -0.3 is 5.73 Å². The van der Waals surface area contributed by atoms with Crippen LogP contribution in [0.4, 0.5) is 0 Å². The molecule has 0 bridgehead atoms. The first kappa shape index (κ1) is 13.9. The van der Waals surface area contributed by atoms with E-state index in [1.807, 2.05) is 0 Å². The summed E-state index contributed by atoms with van der Waals surface area (Å²) in [6.45, 7) is 3.55. The van der Waals surface area contributed by atoms with Gasteiger partial charge in [-0.1, -0.05) is 12.1 Å². The fourth-order valence-electron chi connectivity index (χ4n) is 1.38. The van der Waals surface area contributed by atoms with E-state index in [2.05, 4.69) is 0 Å². The minimum atomic E-state index is -3.27. The van der Waals surface area contributed by atoms with Crippen molar-refractivity contribution < 1.29 is 13.2 Å². The number of rotatable bonds is 5. The number of hydrogen-bond donors (Lipinski definition) is 1. The Bertz CT molecular complexity index is 489. The standard InChI is InChI=1S/C12H17NO3S/c1-9(2)17(15,16)11-5-3-10(4-6-11)12(14)7-8-13/h3-6,9H,7-8,13H2,1-2H3. The van der Waals surface area contributed by atoms with Gasteiger partial charge in [0.2, 0.25) is 0 Å². The third kappa shape index (κ3) is 3.14. The smallest absolute Gasteiger partial charge is 0.180 e. The Labute approximate surface area is 102 Å². The van der Waals surface area contributed by atoms with Crippen molar-refractivity contribution in [2.75, 3.05) is 6.54 Å². The van der Waals surface area contributed by atoms with Crippen LogP contribution in [0.3, 0.4) is 0 Å². The van der Waals surface area contributed by atoms with Crippen molar-refractivity contribution in [2.45, 2.75) is 30.4 Å². The van der Waals surface area contributed by atoms with Crippen LogP contribution in [0.5, 0.6) is 0 Å². The van der Waals surface area contributed by atoms with Gasteiger partial charge in [-0.2, -0.15) is 0 Å². The topological polar surface area (TPSA) is 77.2 Å². The van der Waals surface area contributed by atoms with Crippen LogP contribution in [-0.2, 0) is 9.84 Å². The molecule has 5 heteroatoms. The second-order valence-electron chi connectivity index (χ2n) is 4.08. The van der Waals surface area contributed by atoms with Gasteiger partial charge in [0.15, 0.2) is 15.6 Å². The molecule has 0 fully saturated rings. The minimum Gasteiger partial charge on any atom is -0.330 e. The van der Waals surface area contributed by atoms with E-state index in [4.69, 9.17) is 5.73 Å². The quantitative estimate of drug-likeness (QED) is 0.807. The molecule has 94 valence electrons. The highest BCUT2D eigenvalue weighted by Gasteiger charge is 2.19. The number of nitrogens with two attached hydrogens (primary N) is 1. The van der Waals surface area contributed by atoms with E-state index in [-0.39, 0.29) is 17.1 Å². The molecule has 0 aliphatic heterocycles. The molecule has 0 saturated heterocycles. The average Bonchev–Trinajstić information content (AvgIpc) is 2.29. The van der Waals surface area contributed by atoms with Crippen LogP contribution >= 0.6 is 0 Å². The molecular formula is C12H17NO3S. The molecule has 0 amide bonds. The number of carbonyl (C=O) groups excluding carboxylic acids is 1. The summed E-state index contributed by atoms with van der Waals surface area (Å²) in [6.07, 6.45) is 0.274. The van der Waals surface area contributed by atoms with E-state index in [0.29, 0.717) is 12.1 Å². The first-order valence-electron chi connectivity index (χ1n) is 5.47. The SMILES string of the molecule is CC(C)S(=O)(=O)c1ccc(C(=O)CCN)cc1. The summed E-state index contributed by atoms with van der Waals surface area (Å²) in [4.78, 5) is 11.8. The molecule has 2 N–H and O–H groups in total. The largest absolute Gasteiger partial charge is 0.330 e. The predicted molar refractivity (Wildman–Crippen MR) is 66.8 cm³/mol. The maximum Gasteiger partial charge on any atom is 0.180 e. The van der Waals surface area contributed by atoms with Crippen molar-refractivity contribution in [1.29, 1.82) is 0 Å². The lowest BCUT2D eigenvalue weighted by Crippen LogP contribution is -2.14. The monoisotopic (exact) mass is 255 g/mol. The van der Waals surface area contributed by atoms with Crippen LogP contribution in [0.2, 0.25) is 0 Å². The maximum absolute atomic E-state index is 11.8. The number of benzene rings is 1. The summed E-state index contributed by atoms with van der Waals surface area (Å²) in [5, 5.41) is -0.465. The Balaban J connectivity index is 3.01. The molecule has 1 aromatic rings. The number of sulfone groups is 1. The van der Waals surface area contributed by atoms with Crippen LogP contribution in [-0.4, -0.2) is 26.0 Å². The van der Waals surface area contributed by atoms with E-state index in [1.165, 1.54) is 24.3 Å². The van der Waals surface area contributed by atoms with Crippen molar-refractivity contribution in [3.63, 3.8) is 0 Å². The molecule has 0 atom stereocenters. The molecule has 0 saturated carbocycles. The van der Waals surface area contributed by atoms with Crippen LogP contribution in [0.1, 0.15) is 30.6 Å². The van der Waals surface area contributed by atoms with Gasteiger partial charge in [0.05, 0.1) is 10.1 Å². The van der Waals surface area contributed by atoms with Crippen molar-refractivity contribution in [2.24, 2.45) is 5.73 Å². The first-order chi connectivity index (χ1) is 7.89. The summed E-state index contributed by atoms with van der Waals surface area (Å²) in [7, 11) is -3.27. The average molecular weight is 255 g/mol. The van der Waals surface area contributed by atoms with Gasteiger partial charge in [0.25, 0.3) is 0 Å². The Morgan fingerprint density at radius 3 is 2.18 bits per heavy atom. The molecule has 4 nitrogen and oxygen atoms in total. The third-order valence-electron chi connectivity index (χ3n) is 2.50. The zero-order valence-corrected chi connectivity index (χ0v) is 10.8.